The molecule has 0 amide bonds. The van der Waals surface area contributed by atoms with E-state index in [9.17, 15) is 19.0 Å². The second-order valence-corrected chi connectivity index (χ2v) is 17.0. The van der Waals surface area contributed by atoms with Gasteiger partial charge in [0.25, 0.3) is 0 Å². The van der Waals surface area contributed by atoms with Crippen LogP contribution in [0.25, 0.3) is 0 Å². The van der Waals surface area contributed by atoms with E-state index in [2.05, 4.69) is 111 Å². The van der Waals surface area contributed by atoms with E-state index in [0.717, 1.165) is 109 Å². The molecule has 354 valence electrons. The van der Waals surface area contributed by atoms with Crippen LogP contribution in [0.1, 0.15) is 187 Å². The van der Waals surface area contributed by atoms with Crippen LogP contribution >= 0.6 is 7.82 Å². The van der Waals surface area contributed by atoms with Crippen molar-refractivity contribution in [1.82, 2.24) is 0 Å². The molecule has 0 fully saturated rings. The molecule has 62 heavy (non-hydrogen) atoms. The largest absolute Gasteiger partial charge is 0.472 e. The van der Waals surface area contributed by atoms with E-state index >= 15 is 0 Å². The molecule has 0 saturated heterocycles. The van der Waals surface area contributed by atoms with Crippen LogP contribution < -0.4 is 5.73 Å². The van der Waals surface area contributed by atoms with Crippen LogP contribution in [0.2, 0.25) is 0 Å². The molecule has 0 aromatic rings. The Kier molecular flexibility index (Phi) is 45.1. The number of phosphoric ester groups is 1. The van der Waals surface area contributed by atoms with Crippen molar-refractivity contribution in [1.29, 1.82) is 0 Å². The molecule has 10 heteroatoms. The van der Waals surface area contributed by atoms with E-state index in [-0.39, 0.29) is 32.6 Å². The number of hydrogen-bond acceptors (Lipinski definition) is 8. The predicted octanol–water partition coefficient (Wildman–Crippen LogP) is 14.6. The Morgan fingerprint density at radius 2 is 0.887 bits per heavy atom. The minimum Gasteiger partial charge on any atom is -0.462 e. The lowest BCUT2D eigenvalue weighted by Crippen LogP contribution is -2.29. The molecule has 0 aliphatic heterocycles. The zero-order valence-corrected chi connectivity index (χ0v) is 40.0. The Morgan fingerprint density at radius 3 is 1.34 bits per heavy atom. The van der Waals surface area contributed by atoms with Crippen LogP contribution in [0, 0.1) is 0 Å². The van der Waals surface area contributed by atoms with E-state index in [4.69, 9.17) is 24.3 Å². The van der Waals surface area contributed by atoms with E-state index in [1.165, 1.54) is 38.5 Å². The maximum atomic E-state index is 12.6. The zero-order valence-electron chi connectivity index (χ0n) is 39.1. The van der Waals surface area contributed by atoms with Crippen molar-refractivity contribution in [2.45, 2.75) is 193 Å². The van der Waals surface area contributed by atoms with Gasteiger partial charge in [-0.1, -0.05) is 182 Å². The summed E-state index contributed by atoms with van der Waals surface area (Å²) in [5.41, 5.74) is 5.35. The molecule has 0 rings (SSSR count). The number of esters is 2. The van der Waals surface area contributed by atoms with Gasteiger partial charge in [0.1, 0.15) is 6.61 Å². The maximum absolute atomic E-state index is 12.6. The van der Waals surface area contributed by atoms with Gasteiger partial charge in [0, 0.05) is 19.4 Å². The molecular formula is C52H88NO8P. The fourth-order valence-corrected chi connectivity index (χ4v) is 6.91. The van der Waals surface area contributed by atoms with Crippen LogP contribution in [-0.4, -0.2) is 49.3 Å². The van der Waals surface area contributed by atoms with Crippen LogP contribution in [0.5, 0.6) is 0 Å². The molecular weight excluding hydrogens is 798 g/mol. The summed E-state index contributed by atoms with van der Waals surface area (Å²) in [4.78, 5) is 34.9. The summed E-state index contributed by atoms with van der Waals surface area (Å²) < 4.78 is 32.8. The van der Waals surface area contributed by atoms with Gasteiger partial charge in [0.15, 0.2) is 6.10 Å². The highest BCUT2D eigenvalue weighted by molar-refractivity contribution is 7.47. The van der Waals surface area contributed by atoms with Crippen molar-refractivity contribution in [3.8, 4) is 0 Å². The van der Waals surface area contributed by atoms with Crippen LogP contribution in [0.3, 0.4) is 0 Å². The van der Waals surface area contributed by atoms with Gasteiger partial charge in [-0.15, -0.1) is 0 Å². The molecule has 9 nitrogen and oxygen atoms in total. The first kappa shape index (κ1) is 58.9. The molecule has 0 aliphatic rings. The highest BCUT2D eigenvalue weighted by Crippen LogP contribution is 2.43. The maximum Gasteiger partial charge on any atom is 0.472 e. The van der Waals surface area contributed by atoms with Gasteiger partial charge in [-0.2, -0.15) is 0 Å². The minimum atomic E-state index is -4.39. The first-order valence-electron chi connectivity index (χ1n) is 24.2. The number of rotatable bonds is 44. The van der Waals surface area contributed by atoms with Gasteiger partial charge in [0.2, 0.25) is 0 Å². The second kappa shape index (κ2) is 47.4. The summed E-state index contributed by atoms with van der Waals surface area (Å²) in [6.07, 6.45) is 61.7. The topological polar surface area (TPSA) is 134 Å². The zero-order chi connectivity index (χ0) is 45.3. The molecule has 3 N–H and O–H groups in total. The normalized spacial score (nSPS) is 14.1. The number of hydrogen-bond donors (Lipinski definition) is 2. The summed E-state index contributed by atoms with van der Waals surface area (Å²) >= 11 is 0. The smallest absolute Gasteiger partial charge is 0.462 e. The third-order valence-electron chi connectivity index (χ3n) is 9.68. The highest BCUT2D eigenvalue weighted by atomic mass is 31.2. The van der Waals surface area contributed by atoms with Crippen LogP contribution in [-0.2, 0) is 32.7 Å². The summed E-state index contributed by atoms with van der Waals surface area (Å²) in [6, 6.07) is 0. The summed E-state index contributed by atoms with van der Waals surface area (Å²) in [7, 11) is -4.39. The molecule has 0 spiro atoms. The third-order valence-corrected chi connectivity index (χ3v) is 10.7. The van der Waals surface area contributed by atoms with Crippen LogP contribution in [0.15, 0.2) is 97.2 Å². The Hall–Kier alpha value is -3.07. The Morgan fingerprint density at radius 1 is 0.500 bits per heavy atom. The van der Waals surface area contributed by atoms with Gasteiger partial charge in [-0.25, -0.2) is 4.57 Å². The summed E-state index contributed by atoms with van der Waals surface area (Å²) in [5.74, 6) is -0.856. The summed E-state index contributed by atoms with van der Waals surface area (Å²) in [5, 5.41) is 0. The lowest BCUT2D eigenvalue weighted by molar-refractivity contribution is -0.161. The molecule has 2 unspecified atom stereocenters. The number of unbranched alkanes of at least 4 members (excludes halogenated alkanes) is 15. The van der Waals surface area contributed by atoms with Crippen molar-refractivity contribution in [2.24, 2.45) is 5.73 Å². The minimum absolute atomic E-state index is 0.0467. The molecule has 0 aromatic carbocycles. The van der Waals surface area contributed by atoms with E-state index in [1.807, 2.05) is 0 Å². The van der Waals surface area contributed by atoms with Gasteiger partial charge in [0.05, 0.1) is 13.2 Å². The average Bonchev–Trinajstić information content (AvgIpc) is 3.26. The molecule has 0 saturated carbocycles. The number of ether oxygens (including phenoxy) is 2. The predicted molar refractivity (Wildman–Crippen MR) is 261 cm³/mol. The van der Waals surface area contributed by atoms with E-state index in [1.54, 1.807) is 0 Å². The number of phosphoric acid groups is 1. The first-order chi connectivity index (χ1) is 30.3. The molecule has 0 radical (unpaired) electrons. The number of carbonyl (C=O) groups is 2. The standard InChI is InChI=1S/C52H88NO8P/c1-3-5-7-9-11-13-15-16-17-18-19-20-21-22-23-24-25-26-27-28-29-30-31-32-33-34-35-37-39-41-43-45-52(55)61-50(49-60-62(56,57)59-47-46-53)48-58-51(54)44-42-40-38-36-14-12-10-8-6-4-2/h5,7-8,10-11,13,16-17,19-20,22-23,25-26,28-29,50H,3-4,6,9,12,14-15,18,21,24,27,30-49,53H2,1-2H3,(H,56,57)/b7-5-,10-8-,13-11-,17-16-,20-19-,23-22-,26-25-,29-28-. The first-order valence-corrected chi connectivity index (χ1v) is 25.7. The third kappa shape index (κ3) is 46.4. The van der Waals surface area contributed by atoms with Gasteiger partial charge < -0.3 is 20.1 Å². The Bertz CT molecular complexity index is 1330. The van der Waals surface area contributed by atoms with Crippen molar-refractivity contribution in [3.63, 3.8) is 0 Å². The SMILES string of the molecule is CC/C=C\C/C=C\C/C=C\C/C=C\C/C=C\C/C=C\C/C=C\CCCCCCCCCCCC(=O)OC(COC(=O)CCCCCCC/C=C\CCC)COP(=O)(O)OCCN. The van der Waals surface area contributed by atoms with Crippen molar-refractivity contribution < 1.29 is 37.6 Å². The molecule has 0 aliphatic carbocycles. The van der Waals surface area contributed by atoms with E-state index in [0.29, 0.717) is 12.8 Å². The quantitative estimate of drug-likeness (QED) is 0.0265. The van der Waals surface area contributed by atoms with Crippen molar-refractivity contribution in [2.75, 3.05) is 26.4 Å². The fraction of sp³-hybridized carbons (Fsp3) is 0.654. The lowest BCUT2D eigenvalue weighted by Gasteiger charge is -2.19. The summed E-state index contributed by atoms with van der Waals surface area (Å²) in [6.45, 7) is 3.52. The van der Waals surface area contributed by atoms with Crippen molar-refractivity contribution >= 4 is 19.8 Å². The fourth-order valence-electron chi connectivity index (χ4n) is 6.15. The highest BCUT2D eigenvalue weighted by Gasteiger charge is 2.26. The Balaban J connectivity index is 4.02. The number of carbonyl (C=O) groups excluding carboxylic acids is 2. The van der Waals surface area contributed by atoms with Gasteiger partial charge in [-0.05, 0) is 89.9 Å². The number of nitrogens with two attached hydrogens (primary N) is 1. The molecule has 2 atom stereocenters. The number of allylic oxidation sites excluding steroid dienone is 16. The van der Waals surface area contributed by atoms with E-state index < -0.39 is 32.5 Å². The van der Waals surface area contributed by atoms with Gasteiger partial charge in [-0.3, -0.25) is 18.6 Å². The monoisotopic (exact) mass is 886 g/mol. The van der Waals surface area contributed by atoms with Crippen molar-refractivity contribution in [3.05, 3.63) is 97.2 Å². The van der Waals surface area contributed by atoms with Gasteiger partial charge >= 0.3 is 19.8 Å². The Labute approximate surface area is 378 Å². The molecule has 0 heterocycles. The second-order valence-electron chi connectivity index (χ2n) is 15.6. The average molecular weight is 886 g/mol. The van der Waals surface area contributed by atoms with Crippen LogP contribution in [0.4, 0.5) is 0 Å². The molecule has 0 aromatic heterocycles. The lowest BCUT2D eigenvalue weighted by atomic mass is 10.1. The molecule has 0 bridgehead atoms.